The fourth-order valence-corrected chi connectivity index (χ4v) is 4.62. The molecule has 2 nitrogen and oxygen atoms in total. The molecule has 0 rings (SSSR count). The molecule has 0 aliphatic heterocycles. The second-order valence-electron chi connectivity index (χ2n) is 10.5. The highest BCUT2D eigenvalue weighted by Crippen LogP contribution is 2.14. The summed E-state index contributed by atoms with van der Waals surface area (Å²) in [6.07, 6.45) is 38.6. The summed E-state index contributed by atoms with van der Waals surface area (Å²) in [6.45, 7) is 5.14. The Morgan fingerprint density at radius 1 is 0.471 bits per heavy atom. The number of rotatable bonds is 28. The maximum absolute atomic E-state index is 11.8. The highest BCUT2D eigenvalue weighted by atomic mass is 16.5. The molecule has 0 aromatic rings. The maximum atomic E-state index is 11.8. The van der Waals surface area contributed by atoms with Crippen LogP contribution in [-0.4, -0.2) is 12.6 Å². The lowest BCUT2D eigenvalue weighted by molar-refractivity contribution is -0.137. The Morgan fingerprint density at radius 3 is 1.18 bits per heavy atom. The molecular formula is C32H62O2. The van der Waals surface area contributed by atoms with Gasteiger partial charge in [0.2, 0.25) is 0 Å². The normalized spacial score (nSPS) is 11.5. The van der Waals surface area contributed by atoms with Crippen LogP contribution in [0.3, 0.4) is 0 Å². The number of ether oxygens (including phenoxy) is 1. The number of carbonyl (C=O) groups excluding carboxylic acids is 1. The van der Waals surface area contributed by atoms with Gasteiger partial charge >= 0.3 is 5.97 Å². The zero-order valence-corrected chi connectivity index (χ0v) is 23.6. The van der Waals surface area contributed by atoms with Crippen molar-refractivity contribution >= 4 is 5.97 Å². The predicted octanol–water partition coefficient (Wildman–Crippen LogP) is 11.3. The minimum atomic E-state index is -0.155. The summed E-state index contributed by atoms with van der Waals surface area (Å²) in [4.78, 5) is 11.8. The molecule has 0 heterocycles. The van der Waals surface area contributed by atoms with Gasteiger partial charge in [-0.25, -0.2) is 4.79 Å². The van der Waals surface area contributed by atoms with E-state index in [9.17, 15) is 4.79 Å². The molecule has 0 atom stereocenters. The van der Waals surface area contributed by atoms with Gasteiger partial charge in [-0.2, -0.15) is 0 Å². The maximum Gasteiger partial charge on any atom is 0.330 e. The molecule has 0 aliphatic rings. The molecule has 0 aromatic carbocycles. The van der Waals surface area contributed by atoms with Gasteiger partial charge in [0.1, 0.15) is 0 Å². The smallest absolute Gasteiger partial charge is 0.330 e. The standard InChI is InChI=1S/C32H62O2/c1-3-5-7-9-11-13-15-17-18-19-20-22-24-26-28-30-32(33)34-31-29-27-25-23-21-16-14-12-10-8-6-4-2/h28,30H,3-27,29,31H2,1-2H3. The van der Waals surface area contributed by atoms with Crippen LogP contribution in [0.5, 0.6) is 0 Å². The van der Waals surface area contributed by atoms with Crippen LogP contribution < -0.4 is 0 Å². The molecule has 0 unspecified atom stereocenters. The third-order valence-corrected chi connectivity index (χ3v) is 6.97. The Hall–Kier alpha value is -0.790. The molecule has 0 N–H and O–H groups in total. The highest BCUT2D eigenvalue weighted by Gasteiger charge is 1.98. The zero-order chi connectivity index (χ0) is 24.8. The SMILES string of the molecule is CCCCCCCCCCCCCCCC=CC(=O)OCCCCCCCCCCCCCC. The van der Waals surface area contributed by atoms with Crippen molar-refractivity contribution in [3.8, 4) is 0 Å². The Morgan fingerprint density at radius 2 is 0.794 bits per heavy atom. The van der Waals surface area contributed by atoms with Crippen LogP contribution >= 0.6 is 0 Å². The van der Waals surface area contributed by atoms with E-state index in [0.29, 0.717) is 6.61 Å². The van der Waals surface area contributed by atoms with Gasteiger partial charge in [0.25, 0.3) is 0 Å². The lowest BCUT2D eigenvalue weighted by Crippen LogP contribution is -2.02. The zero-order valence-electron chi connectivity index (χ0n) is 23.6. The first kappa shape index (κ1) is 33.2. The first-order chi connectivity index (χ1) is 16.8. The average Bonchev–Trinajstić information content (AvgIpc) is 2.84. The van der Waals surface area contributed by atoms with Crippen LogP contribution in [0.2, 0.25) is 0 Å². The number of hydrogen-bond acceptors (Lipinski definition) is 2. The molecule has 202 valence electrons. The van der Waals surface area contributed by atoms with Crippen molar-refractivity contribution in [1.29, 1.82) is 0 Å². The van der Waals surface area contributed by atoms with Gasteiger partial charge in [-0.15, -0.1) is 0 Å². The number of unbranched alkanes of at least 4 members (excludes halogenated alkanes) is 24. The van der Waals surface area contributed by atoms with Gasteiger partial charge in [0.05, 0.1) is 6.61 Å². The Kier molecular flexibility index (Phi) is 29.5. The molecule has 0 fully saturated rings. The summed E-state index contributed by atoms with van der Waals surface area (Å²) in [6, 6.07) is 0. The fraction of sp³-hybridized carbons (Fsp3) is 0.906. The average molecular weight is 479 g/mol. The van der Waals surface area contributed by atoms with Crippen molar-refractivity contribution in [3.05, 3.63) is 12.2 Å². The predicted molar refractivity (Wildman–Crippen MR) is 151 cm³/mol. The van der Waals surface area contributed by atoms with Crippen molar-refractivity contribution in [3.63, 3.8) is 0 Å². The largest absolute Gasteiger partial charge is 0.463 e. The van der Waals surface area contributed by atoms with Crippen LogP contribution in [0, 0.1) is 0 Å². The molecular weight excluding hydrogens is 416 g/mol. The molecule has 0 aromatic heterocycles. The number of esters is 1. The second kappa shape index (κ2) is 30.2. The van der Waals surface area contributed by atoms with E-state index in [4.69, 9.17) is 4.74 Å². The molecule has 0 saturated carbocycles. The van der Waals surface area contributed by atoms with Crippen LogP contribution in [0.4, 0.5) is 0 Å². The van der Waals surface area contributed by atoms with Crippen molar-refractivity contribution < 1.29 is 9.53 Å². The number of allylic oxidation sites excluding steroid dienone is 1. The van der Waals surface area contributed by atoms with Gasteiger partial charge in [0.15, 0.2) is 0 Å². The Labute approximate surface area is 215 Å². The first-order valence-electron chi connectivity index (χ1n) is 15.6. The van der Waals surface area contributed by atoms with Crippen LogP contribution in [0.15, 0.2) is 12.2 Å². The summed E-state index contributed by atoms with van der Waals surface area (Å²) in [7, 11) is 0. The van der Waals surface area contributed by atoms with Gasteiger partial charge in [-0.05, 0) is 19.3 Å². The van der Waals surface area contributed by atoms with Gasteiger partial charge in [-0.3, -0.25) is 0 Å². The second-order valence-corrected chi connectivity index (χ2v) is 10.5. The van der Waals surface area contributed by atoms with E-state index in [1.165, 1.54) is 154 Å². The van der Waals surface area contributed by atoms with Crippen molar-refractivity contribution in [1.82, 2.24) is 0 Å². The number of carbonyl (C=O) groups is 1. The topological polar surface area (TPSA) is 26.3 Å². The van der Waals surface area contributed by atoms with E-state index in [1.54, 1.807) is 6.08 Å². The van der Waals surface area contributed by atoms with E-state index < -0.39 is 0 Å². The molecule has 0 radical (unpaired) electrons. The Balaban J connectivity index is 3.22. The monoisotopic (exact) mass is 478 g/mol. The first-order valence-corrected chi connectivity index (χ1v) is 15.6. The van der Waals surface area contributed by atoms with Crippen LogP contribution in [-0.2, 0) is 9.53 Å². The lowest BCUT2D eigenvalue weighted by Gasteiger charge is -2.04. The Bertz CT molecular complexity index is 415. The minimum Gasteiger partial charge on any atom is -0.463 e. The minimum absolute atomic E-state index is 0.155. The van der Waals surface area contributed by atoms with E-state index >= 15 is 0 Å². The van der Waals surface area contributed by atoms with E-state index in [1.807, 2.05) is 6.08 Å². The fourth-order valence-electron chi connectivity index (χ4n) is 4.62. The molecule has 0 aliphatic carbocycles. The molecule has 34 heavy (non-hydrogen) atoms. The molecule has 0 spiro atoms. The summed E-state index contributed by atoms with van der Waals surface area (Å²) in [5.74, 6) is -0.155. The van der Waals surface area contributed by atoms with E-state index in [0.717, 1.165) is 12.8 Å². The molecule has 0 bridgehead atoms. The summed E-state index contributed by atoms with van der Waals surface area (Å²) >= 11 is 0. The van der Waals surface area contributed by atoms with E-state index in [2.05, 4.69) is 13.8 Å². The summed E-state index contributed by atoms with van der Waals surface area (Å²) in [5, 5.41) is 0. The highest BCUT2D eigenvalue weighted by molar-refractivity contribution is 5.81. The number of hydrogen-bond donors (Lipinski definition) is 0. The third kappa shape index (κ3) is 29.2. The van der Waals surface area contributed by atoms with Gasteiger partial charge < -0.3 is 4.74 Å². The van der Waals surface area contributed by atoms with Crippen molar-refractivity contribution in [2.45, 2.75) is 181 Å². The summed E-state index contributed by atoms with van der Waals surface area (Å²) in [5.41, 5.74) is 0. The lowest BCUT2D eigenvalue weighted by atomic mass is 10.0. The third-order valence-electron chi connectivity index (χ3n) is 6.97. The van der Waals surface area contributed by atoms with Crippen LogP contribution in [0.25, 0.3) is 0 Å². The molecule has 0 amide bonds. The van der Waals surface area contributed by atoms with Crippen molar-refractivity contribution in [2.75, 3.05) is 6.61 Å². The van der Waals surface area contributed by atoms with Crippen molar-refractivity contribution in [2.24, 2.45) is 0 Å². The summed E-state index contributed by atoms with van der Waals surface area (Å²) < 4.78 is 5.33. The molecule has 0 saturated heterocycles. The van der Waals surface area contributed by atoms with Gasteiger partial charge in [0, 0.05) is 6.08 Å². The van der Waals surface area contributed by atoms with Gasteiger partial charge in [-0.1, -0.05) is 168 Å². The quantitative estimate of drug-likeness (QED) is 0.0634. The van der Waals surface area contributed by atoms with Crippen LogP contribution in [0.1, 0.15) is 181 Å². The molecule has 2 heteroatoms. The van der Waals surface area contributed by atoms with E-state index in [-0.39, 0.29) is 5.97 Å².